The molecule has 2 aromatic carbocycles. The Morgan fingerprint density at radius 3 is 2.59 bits per heavy atom. The minimum atomic E-state index is 0.0923. The first-order valence-electron chi connectivity index (χ1n) is 11.5. The third-order valence-electron chi connectivity index (χ3n) is 6.70. The number of carbonyl (C=O) groups is 1. The van der Waals surface area contributed by atoms with Crippen molar-refractivity contribution in [1.82, 2.24) is 9.88 Å². The van der Waals surface area contributed by atoms with E-state index >= 15 is 0 Å². The molecule has 0 bridgehead atoms. The van der Waals surface area contributed by atoms with Crippen LogP contribution in [0.2, 0.25) is 0 Å². The van der Waals surface area contributed by atoms with E-state index < -0.39 is 0 Å². The molecule has 2 aliphatic heterocycles. The van der Waals surface area contributed by atoms with Gasteiger partial charge in [0, 0.05) is 42.4 Å². The third-order valence-corrected chi connectivity index (χ3v) is 6.70. The monoisotopic (exact) mass is 434 g/mol. The Labute approximate surface area is 188 Å². The van der Waals surface area contributed by atoms with Gasteiger partial charge in [0.25, 0.3) is 5.91 Å². The Morgan fingerprint density at radius 1 is 1.09 bits per heavy atom. The van der Waals surface area contributed by atoms with E-state index in [0.29, 0.717) is 18.1 Å². The van der Waals surface area contributed by atoms with E-state index in [4.69, 9.17) is 14.2 Å². The number of fused-ring (bicyclic) bond motifs is 1. The second kappa shape index (κ2) is 9.25. The summed E-state index contributed by atoms with van der Waals surface area (Å²) in [4.78, 5) is 18.4. The van der Waals surface area contributed by atoms with E-state index in [1.807, 2.05) is 35.2 Å². The zero-order valence-corrected chi connectivity index (χ0v) is 18.5. The molecule has 0 aliphatic carbocycles. The number of rotatable bonds is 6. The Balaban J connectivity index is 1.18. The number of benzene rings is 2. The topological polar surface area (TPSA) is 63.8 Å². The summed E-state index contributed by atoms with van der Waals surface area (Å²) < 4.78 is 16.8. The molecule has 1 atom stereocenters. The number of amides is 1. The van der Waals surface area contributed by atoms with E-state index in [1.54, 1.807) is 7.11 Å². The molecule has 0 saturated carbocycles. The number of aromatic nitrogens is 1. The molecule has 1 aromatic heterocycles. The van der Waals surface area contributed by atoms with Crippen LogP contribution < -0.4 is 9.47 Å². The Hall–Kier alpha value is -2.99. The average molecular weight is 435 g/mol. The van der Waals surface area contributed by atoms with Crippen molar-refractivity contribution in [2.24, 2.45) is 0 Å². The lowest BCUT2D eigenvalue weighted by Crippen LogP contribution is -2.37. The maximum atomic E-state index is 13.0. The highest BCUT2D eigenvalue weighted by Crippen LogP contribution is 2.35. The fourth-order valence-electron chi connectivity index (χ4n) is 4.82. The summed E-state index contributed by atoms with van der Waals surface area (Å²) in [5.74, 6) is 2.18. The summed E-state index contributed by atoms with van der Waals surface area (Å²) in [5, 5.41) is 1.22. The van der Waals surface area contributed by atoms with Gasteiger partial charge in [-0.1, -0.05) is 0 Å². The highest BCUT2D eigenvalue weighted by Gasteiger charge is 2.26. The minimum absolute atomic E-state index is 0.0923. The Morgan fingerprint density at radius 2 is 1.88 bits per heavy atom. The van der Waals surface area contributed by atoms with Gasteiger partial charge in [0.05, 0.1) is 13.2 Å². The smallest absolute Gasteiger partial charge is 0.253 e. The number of carbonyl (C=O) groups excluding carboxylic acids is 1. The van der Waals surface area contributed by atoms with E-state index in [-0.39, 0.29) is 12.0 Å². The lowest BCUT2D eigenvalue weighted by atomic mass is 9.89. The molecule has 0 radical (unpaired) electrons. The van der Waals surface area contributed by atoms with Crippen molar-refractivity contribution in [3.05, 3.63) is 59.8 Å². The summed E-state index contributed by atoms with van der Waals surface area (Å²) in [6.07, 6.45) is 6.37. The number of hydrogen-bond acceptors (Lipinski definition) is 4. The summed E-state index contributed by atoms with van der Waals surface area (Å²) >= 11 is 0. The molecule has 168 valence electrons. The summed E-state index contributed by atoms with van der Waals surface area (Å²) in [6, 6.07) is 13.6. The molecule has 0 spiro atoms. The van der Waals surface area contributed by atoms with Crippen molar-refractivity contribution in [2.75, 3.05) is 33.4 Å². The van der Waals surface area contributed by atoms with Crippen molar-refractivity contribution in [3.8, 4) is 11.5 Å². The lowest BCUT2D eigenvalue weighted by Gasteiger charge is -2.32. The number of nitrogens with one attached hydrogen (secondary N) is 1. The van der Waals surface area contributed by atoms with Crippen LogP contribution in [0.4, 0.5) is 0 Å². The molecule has 1 unspecified atom stereocenters. The Bertz CT molecular complexity index is 1060. The van der Waals surface area contributed by atoms with Gasteiger partial charge in [-0.15, -0.1) is 0 Å². The van der Waals surface area contributed by atoms with E-state index in [9.17, 15) is 4.79 Å². The summed E-state index contributed by atoms with van der Waals surface area (Å²) in [5.41, 5.74) is 3.16. The summed E-state index contributed by atoms with van der Waals surface area (Å²) in [7, 11) is 1.69. The Kier molecular flexibility index (Phi) is 6.04. The van der Waals surface area contributed by atoms with Crippen LogP contribution in [0.15, 0.2) is 48.7 Å². The first kappa shape index (κ1) is 20.9. The highest BCUT2D eigenvalue weighted by atomic mass is 16.5. The van der Waals surface area contributed by atoms with Crippen molar-refractivity contribution in [3.63, 3.8) is 0 Å². The molecular weight excluding hydrogens is 404 g/mol. The van der Waals surface area contributed by atoms with Gasteiger partial charge in [-0.2, -0.15) is 0 Å². The van der Waals surface area contributed by atoms with Crippen molar-refractivity contribution in [2.45, 2.75) is 37.7 Å². The standard InChI is InChI=1S/C26H30N2O4/c1-30-21-8-9-25-23(15-21)24(16-27-25)18-10-12-28(13-11-18)26(29)19-4-6-20(7-5-19)32-17-22-3-2-14-31-22/h4-9,15-16,18,22,27H,2-3,10-14,17H2,1H3. The van der Waals surface area contributed by atoms with Crippen molar-refractivity contribution < 1.29 is 19.0 Å². The molecule has 5 rings (SSSR count). The fourth-order valence-corrected chi connectivity index (χ4v) is 4.82. The molecule has 6 heteroatoms. The molecule has 3 heterocycles. The van der Waals surface area contributed by atoms with Crippen LogP contribution in [0.25, 0.3) is 10.9 Å². The molecule has 6 nitrogen and oxygen atoms in total. The molecule has 3 aromatic rings. The van der Waals surface area contributed by atoms with Gasteiger partial charge < -0.3 is 24.1 Å². The van der Waals surface area contributed by atoms with Crippen molar-refractivity contribution in [1.29, 1.82) is 0 Å². The van der Waals surface area contributed by atoms with Gasteiger partial charge in [0.1, 0.15) is 18.1 Å². The maximum absolute atomic E-state index is 13.0. The van der Waals surface area contributed by atoms with Crippen LogP contribution in [-0.4, -0.2) is 55.3 Å². The quantitative estimate of drug-likeness (QED) is 0.608. The largest absolute Gasteiger partial charge is 0.497 e. The van der Waals surface area contributed by atoms with Crippen molar-refractivity contribution >= 4 is 16.8 Å². The van der Waals surface area contributed by atoms with Gasteiger partial charge in [0.15, 0.2) is 0 Å². The molecule has 32 heavy (non-hydrogen) atoms. The molecular formula is C26H30N2O4. The second-order valence-electron chi connectivity index (χ2n) is 8.69. The zero-order valence-electron chi connectivity index (χ0n) is 18.5. The van der Waals surface area contributed by atoms with Crippen LogP contribution in [0.1, 0.15) is 47.5 Å². The first-order chi connectivity index (χ1) is 15.7. The first-order valence-corrected chi connectivity index (χ1v) is 11.5. The van der Waals surface area contributed by atoms with E-state index in [2.05, 4.69) is 23.3 Å². The van der Waals surface area contributed by atoms with Gasteiger partial charge in [-0.05, 0) is 79.6 Å². The number of hydrogen-bond donors (Lipinski definition) is 1. The summed E-state index contributed by atoms with van der Waals surface area (Å²) in [6.45, 7) is 2.92. The van der Waals surface area contributed by atoms with Crippen LogP contribution in [0.3, 0.4) is 0 Å². The fraction of sp³-hybridized carbons (Fsp3) is 0.423. The maximum Gasteiger partial charge on any atom is 0.253 e. The molecule has 2 fully saturated rings. The number of ether oxygens (including phenoxy) is 3. The normalized spacial score (nSPS) is 19.4. The van der Waals surface area contributed by atoms with Gasteiger partial charge >= 0.3 is 0 Å². The predicted octanol–water partition coefficient (Wildman–Crippen LogP) is 4.75. The predicted molar refractivity (Wildman–Crippen MR) is 124 cm³/mol. The molecule has 1 amide bonds. The third kappa shape index (κ3) is 4.32. The lowest BCUT2D eigenvalue weighted by molar-refractivity contribution is 0.0677. The number of methoxy groups -OCH3 is 1. The van der Waals surface area contributed by atoms with Crippen LogP contribution in [-0.2, 0) is 4.74 Å². The van der Waals surface area contributed by atoms with Crippen LogP contribution >= 0.6 is 0 Å². The number of nitrogens with zero attached hydrogens (tertiary/aromatic N) is 1. The van der Waals surface area contributed by atoms with Gasteiger partial charge in [-0.25, -0.2) is 0 Å². The van der Waals surface area contributed by atoms with Crippen LogP contribution in [0, 0.1) is 0 Å². The highest BCUT2D eigenvalue weighted by molar-refractivity contribution is 5.94. The van der Waals surface area contributed by atoms with E-state index in [0.717, 1.165) is 62.4 Å². The molecule has 2 saturated heterocycles. The number of H-pyrrole nitrogens is 1. The second-order valence-corrected chi connectivity index (χ2v) is 8.69. The van der Waals surface area contributed by atoms with Crippen LogP contribution in [0.5, 0.6) is 11.5 Å². The minimum Gasteiger partial charge on any atom is -0.497 e. The average Bonchev–Trinajstić information content (AvgIpc) is 3.52. The zero-order chi connectivity index (χ0) is 21.9. The SMILES string of the molecule is COc1ccc2[nH]cc(C3CCN(C(=O)c4ccc(OCC5CCCO5)cc4)CC3)c2c1. The molecule has 1 N–H and O–H groups in total. The van der Waals surface area contributed by atoms with Gasteiger partial charge in [0.2, 0.25) is 0 Å². The molecule has 2 aliphatic rings. The van der Waals surface area contributed by atoms with Gasteiger partial charge in [-0.3, -0.25) is 4.79 Å². The number of piperidine rings is 1. The number of aromatic amines is 1. The number of likely N-dealkylation sites (tertiary alicyclic amines) is 1. The van der Waals surface area contributed by atoms with E-state index in [1.165, 1.54) is 10.9 Å².